The number of rotatable bonds is 7. The van der Waals surface area contributed by atoms with E-state index < -0.39 is 0 Å². The fourth-order valence-electron chi connectivity index (χ4n) is 2.61. The molecule has 3 aromatic rings. The van der Waals surface area contributed by atoms with Gasteiger partial charge in [-0.05, 0) is 89.5 Å². The number of halogens is 3. The van der Waals surface area contributed by atoms with Gasteiger partial charge < -0.3 is 9.47 Å². The summed E-state index contributed by atoms with van der Waals surface area (Å²) >= 11 is 14.4. The highest BCUT2D eigenvalue weighted by Crippen LogP contribution is 2.35. The lowest BCUT2D eigenvalue weighted by molar-refractivity contribution is 0.267. The number of aryl methyl sites for hydroxylation is 1. The van der Waals surface area contributed by atoms with E-state index in [0.717, 1.165) is 31.7 Å². The van der Waals surface area contributed by atoms with Crippen molar-refractivity contribution in [1.82, 2.24) is 0 Å². The van der Waals surface area contributed by atoms with Gasteiger partial charge >= 0.3 is 0 Å². The molecule has 0 aliphatic carbocycles. The molecule has 0 atom stereocenters. The molecule has 0 spiro atoms. The Labute approximate surface area is 194 Å². The topological polar surface area (TPSA) is 30.8 Å². The lowest BCUT2D eigenvalue weighted by Gasteiger charge is -2.15. The molecule has 0 fully saturated rings. The van der Waals surface area contributed by atoms with Crippen LogP contribution in [0.25, 0.3) is 0 Å². The van der Waals surface area contributed by atoms with Gasteiger partial charge in [0.2, 0.25) is 0 Å². The van der Waals surface area contributed by atoms with Crippen molar-refractivity contribution in [2.75, 3.05) is 6.61 Å². The summed E-state index contributed by atoms with van der Waals surface area (Å²) in [6.45, 7) is 4.89. The second-order valence-corrected chi connectivity index (χ2v) is 8.38. The molecule has 29 heavy (non-hydrogen) atoms. The molecule has 3 rings (SSSR count). The Hall–Kier alpha value is -1.76. The molecular weight excluding hydrogens is 520 g/mol. The van der Waals surface area contributed by atoms with E-state index in [2.05, 4.69) is 27.6 Å². The Bertz CT molecular complexity index is 1020. The third kappa shape index (κ3) is 6.11. The number of aliphatic imine (C=N–C) groups is 1. The summed E-state index contributed by atoms with van der Waals surface area (Å²) in [5, 5.41) is 1.41. The van der Waals surface area contributed by atoms with E-state index in [0.29, 0.717) is 29.0 Å². The van der Waals surface area contributed by atoms with Gasteiger partial charge in [0, 0.05) is 16.3 Å². The van der Waals surface area contributed by atoms with Gasteiger partial charge in [-0.25, -0.2) is 0 Å². The molecule has 0 aliphatic rings. The fraction of sp³-hybridized carbons (Fsp3) is 0.174. The maximum Gasteiger partial charge on any atom is 0.175 e. The highest BCUT2D eigenvalue weighted by atomic mass is 127. The largest absolute Gasteiger partial charge is 0.490 e. The first kappa shape index (κ1) is 21.9. The van der Waals surface area contributed by atoms with Gasteiger partial charge in [0.15, 0.2) is 11.5 Å². The van der Waals surface area contributed by atoms with Crippen LogP contribution < -0.4 is 9.47 Å². The third-order valence-electron chi connectivity index (χ3n) is 4.15. The van der Waals surface area contributed by atoms with Gasteiger partial charge in [0.1, 0.15) is 6.61 Å². The van der Waals surface area contributed by atoms with E-state index in [1.807, 2.05) is 68.4 Å². The minimum absolute atomic E-state index is 0.433. The molecule has 0 aliphatic heterocycles. The second-order valence-electron chi connectivity index (χ2n) is 6.37. The maximum absolute atomic E-state index is 6.18. The zero-order chi connectivity index (χ0) is 20.8. The van der Waals surface area contributed by atoms with Crippen LogP contribution in [0.2, 0.25) is 10.0 Å². The molecule has 0 saturated carbocycles. The Kier molecular flexibility index (Phi) is 7.81. The number of hydrogen-bond donors (Lipinski definition) is 0. The summed E-state index contributed by atoms with van der Waals surface area (Å²) < 4.78 is 12.8. The maximum atomic E-state index is 6.18. The Morgan fingerprint density at radius 1 is 1.00 bits per heavy atom. The van der Waals surface area contributed by atoms with Crippen LogP contribution in [-0.4, -0.2) is 12.8 Å². The van der Waals surface area contributed by atoms with Crippen LogP contribution in [0.4, 0.5) is 5.69 Å². The molecule has 0 bridgehead atoms. The molecule has 3 nitrogen and oxygen atoms in total. The van der Waals surface area contributed by atoms with Crippen molar-refractivity contribution in [1.29, 1.82) is 0 Å². The van der Waals surface area contributed by atoms with Crippen LogP contribution in [0.15, 0.2) is 59.6 Å². The van der Waals surface area contributed by atoms with Gasteiger partial charge in [0.25, 0.3) is 0 Å². The van der Waals surface area contributed by atoms with E-state index in [1.165, 1.54) is 0 Å². The van der Waals surface area contributed by atoms with Crippen LogP contribution in [0.1, 0.15) is 23.6 Å². The summed E-state index contributed by atoms with van der Waals surface area (Å²) in [6.07, 6.45) is 1.80. The van der Waals surface area contributed by atoms with Gasteiger partial charge in [0.05, 0.1) is 15.9 Å². The van der Waals surface area contributed by atoms with Gasteiger partial charge in [-0.2, -0.15) is 0 Å². The second kappa shape index (κ2) is 10.3. The molecular formula is C23H20Cl2INO2. The summed E-state index contributed by atoms with van der Waals surface area (Å²) in [5.74, 6) is 1.41. The molecule has 0 N–H and O–H groups in total. The summed E-state index contributed by atoms with van der Waals surface area (Å²) in [7, 11) is 0. The molecule has 3 aromatic carbocycles. The van der Waals surface area contributed by atoms with Crippen molar-refractivity contribution in [3.63, 3.8) is 0 Å². The van der Waals surface area contributed by atoms with E-state index in [1.54, 1.807) is 6.21 Å². The third-order valence-corrected chi connectivity index (χ3v) is 5.61. The van der Waals surface area contributed by atoms with Crippen molar-refractivity contribution >= 4 is 57.7 Å². The molecule has 0 saturated heterocycles. The highest BCUT2D eigenvalue weighted by Gasteiger charge is 2.12. The van der Waals surface area contributed by atoms with Crippen LogP contribution >= 0.6 is 45.8 Å². The van der Waals surface area contributed by atoms with Crippen LogP contribution in [0.5, 0.6) is 11.5 Å². The van der Waals surface area contributed by atoms with Crippen molar-refractivity contribution in [2.45, 2.75) is 20.5 Å². The fourth-order valence-corrected chi connectivity index (χ4v) is 3.69. The van der Waals surface area contributed by atoms with Crippen LogP contribution in [-0.2, 0) is 6.61 Å². The van der Waals surface area contributed by atoms with Crippen molar-refractivity contribution in [3.05, 3.63) is 84.9 Å². The molecule has 0 amide bonds. The number of ether oxygens (including phenoxy) is 2. The minimum Gasteiger partial charge on any atom is -0.490 e. The van der Waals surface area contributed by atoms with E-state index >= 15 is 0 Å². The summed E-state index contributed by atoms with van der Waals surface area (Å²) in [4.78, 5) is 4.53. The van der Waals surface area contributed by atoms with E-state index in [4.69, 9.17) is 32.7 Å². The lowest BCUT2D eigenvalue weighted by atomic mass is 10.2. The van der Waals surface area contributed by atoms with Crippen molar-refractivity contribution in [2.24, 2.45) is 4.99 Å². The lowest BCUT2D eigenvalue weighted by Crippen LogP contribution is -2.02. The smallest absolute Gasteiger partial charge is 0.175 e. The number of benzene rings is 3. The Balaban J connectivity index is 1.82. The first-order valence-corrected chi connectivity index (χ1v) is 10.9. The Morgan fingerprint density at radius 3 is 2.45 bits per heavy atom. The first-order chi connectivity index (χ1) is 14.0. The van der Waals surface area contributed by atoms with E-state index in [-0.39, 0.29) is 0 Å². The van der Waals surface area contributed by atoms with Crippen molar-refractivity contribution < 1.29 is 9.47 Å². The predicted molar refractivity (Wildman–Crippen MR) is 130 cm³/mol. The van der Waals surface area contributed by atoms with Crippen LogP contribution in [0, 0.1) is 10.5 Å². The molecule has 0 radical (unpaired) electrons. The first-order valence-electron chi connectivity index (χ1n) is 9.10. The molecule has 6 heteroatoms. The Morgan fingerprint density at radius 2 is 1.76 bits per heavy atom. The average Bonchev–Trinajstić information content (AvgIpc) is 2.70. The van der Waals surface area contributed by atoms with Gasteiger partial charge in [-0.3, -0.25) is 4.99 Å². The summed E-state index contributed by atoms with van der Waals surface area (Å²) in [5.41, 5.74) is 3.79. The monoisotopic (exact) mass is 539 g/mol. The normalized spacial score (nSPS) is 11.1. The molecule has 0 unspecified atom stereocenters. The SMILES string of the molecule is CCOc1cc(C=Nc2ccc(C)c(Cl)c2)cc(I)c1OCc1ccc(Cl)cc1. The molecule has 0 aromatic heterocycles. The minimum atomic E-state index is 0.433. The van der Waals surface area contributed by atoms with Crippen molar-refractivity contribution in [3.8, 4) is 11.5 Å². The van der Waals surface area contributed by atoms with E-state index in [9.17, 15) is 0 Å². The molecule has 150 valence electrons. The predicted octanol–water partition coefficient (Wildman–Crippen LogP) is 7.63. The van der Waals surface area contributed by atoms with Gasteiger partial charge in [-0.15, -0.1) is 0 Å². The zero-order valence-electron chi connectivity index (χ0n) is 16.1. The van der Waals surface area contributed by atoms with Crippen LogP contribution in [0.3, 0.4) is 0 Å². The average molecular weight is 540 g/mol. The van der Waals surface area contributed by atoms with Gasteiger partial charge in [-0.1, -0.05) is 41.4 Å². The number of nitrogens with zero attached hydrogens (tertiary/aromatic N) is 1. The highest BCUT2D eigenvalue weighted by molar-refractivity contribution is 14.1. The zero-order valence-corrected chi connectivity index (χ0v) is 19.8. The number of hydrogen-bond acceptors (Lipinski definition) is 3. The molecule has 0 heterocycles. The summed E-state index contributed by atoms with van der Waals surface area (Å²) in [6, 6.07) is 17.3. The quantitative estimate of drug-likeness (QED) is 0.228. The standard InChI is InChI=1S/C23H20Cl2INO2/c1-3-28-22-11-17(13-27-19-9-4-15(2)20(25)12-19)10-21(26)23(22)29-14-16-5-7-18(24)8-6-16/h4-13H,3,14H2,1-2H3.